The molecule has 396 valence electrons. The number of allylic oxidation sites excluding steroid dienone is 16. The molecule has 3 unspecified atom stereocenters. The van der Waals surface area contributed by atoms with Gasteiger partial charge < -0.3 is 20.3 Å². The fourth-order valence-corrected chi connectivity index (χ4v) is 8.30. The van der Waals surface area contributed by atoms with E-state index in [1.54, 1.807) is 0 Å². The number of amides is 1. The maximum atomic E-state index is 13.3. The first kappa shape index (κ1) is 65.8. The number of esters is 1. The molecule has 0 aliphatic heterocycles. The molecule has 0 bridgehead atoms. The van der Waals surface area contributed by atoms with Gasteiger partial charge in [-0.2, -0.15) is 0 Å². The van der Waals surface area contributed by atoms with E-state index >= 15 is 0 Å². The second-order valence-electron chi connectivity index (χ2n) is 19.3. The van der Waals surface area contributed by atoms with Gasteiger partial charge in [-0.1, -0.05) is 246 Å². The van der Waals surface area contributed by atoms with Crippen LogP contribution in [0, 0.1) is 0 Å². The minimum absolute atomic E-state index is 0.0354. The molecule has 6 nitrogen and oxygen atoms in total. The van der Waals surface area contributed by atoms with Crippen molar-refractivity contribution in [2.75, 3.05) is 6.61 Å². The van der Waals surface area contributed by atoms with E-state index < -0.39 is 18.2 Å². The molecule has 1 amide bonds. The molecular formula is C63H109NO5. The quantitative estimate of drug-likeness (QED) is 0.0321. The highest BCUT2D eigenvalue weighted by Gasteiger charge is 2.24. The number of unbranched alkanes of at least 4 members (excludes halogenated alkanes) is 23. The van der Waals surface area contributed by atoms with Crippen LogP contribution in [0.15, 0.2) is 97.2 Å². The lowest BCUT2D eigenvalue weighted by molar-refractivity contribution is -0.151. The van der Waals surface area contributed by atoms with Crippen molar-refractivity contribution in [3.8, 4) is 0 Å². The molecule has 3 N–H and O–H groups in total. The van der Waals surface area contributed by atoms with Crippen molar-refractivity contribution in [2.24, 2.45) is 0 Å². The fraction of sp³-hybridized carbons (Fsp3) is 0.714. The zero-order valence-corrected chi connectivity index (χ0v) is 45.2. The molecule has 6 heteroatoms. The zero-order valence-electron chi connectivity index (χ0n) is 45.2. The van der Waals surface area contributed by atoms with E-state index in [4.69, 9.17) is 4.74 Å². The molecule has 0 aliphatic carbocycles. The topological polar surface area (TPSA) is 95.9 Å². The summed E-state index contributed by atoms with van der Waals surface area (Å²) in [7, 11) is 0. The predicted octanol–water partition coefficient (Wildman–Crippen LogP) is 18.1. The lowest BCUT2D eigenvalue weighted by atomic mass is 10.0. The third-order valence-electron chi connectivity index (χ3n) is 12.6. The SMILES string of the molecule is CC/C=C\C/C=C\C/C=C\C/C=C\C/C=C\CCCC(=O)OC(CCCCCC/C=C\C/C=C\C/C=C\CCCCC)CC(=O)NC(CO)C(O)CCCCCCCCCCCCCCCCCC. The van der Waals surface area contributed by atoms with E-state index in [2.05, 4.69) is 123 Å². The Kier molecular flexibility index (Phi) is 53.1. The van der Waals surface area contributed by atoms with Crippen LogP contribution in [0.25, 0.3) is 0 Å². The van der Waals surface area contributed by atoms with Crippen LogP contribution in [0.1, 0.15) is 265 Å². The number of hydrogen-bond donors (Lipinski definition) is 3. The number of rotatable bonds is 51. The van der Waals surface area contributed by atoms with Crippen molar-refractivity contribution in [3.63, 3.8) is 0 Å². The van der Waals surface area contributed by atoms with E-state index in [-0.39, 0.29) is 24.9 Å². The molecule has 0 aromatic rings. The zero-order chi connectivity index (χ0) is 50.2. The summed E-state index contributed by atoms with van der Waals surface area (Å²) in [6.45, 7) is 6.34. The average Bonchev–Trinajstić information content (AvgIpc) is 3.34. The normalized spacial score (nSPS) is 13.9. The summed E-state index contributed by atoms with van der Waals surface area (Å²) in [5.74, 6) is -0.566. The van der Waals surface area contributed by atoms with Gasteiger partial charge in [0.2, 0.25) is 5.91 Å². The Balaban J connectivity index is 4.71. The number of carbonyl (C=O) groups excluding carboxylic acids is 2. The van der Waals surface area contributed by atoms with Gasteiger partial charge in [0.1, 0.15) is 6.10 Å². The van der Waals surface area contributed by atoms with Crippen LogP contribution in [-0.2, 0) is 14.3 Å². The summed E-state index contributed by atoms with van der Waals surface area (Å²) < 4.78 is 5.92. The Morgan fingerprint density at radius 1 is 0.435 bits per heavy atom. The Morgan fingerprint density at radius 2 is 0.783 bits per heavy atom. The number of ether oxygens (including phenoxy) is 1. The van der Waals surface area contributed by atoms with Crippen molar-refractivity contribution in [1.29, 1.82) is 0 Å². The first-order valence-electron chi connectivity index (χ1n) is 29.0. The van der Waals surface area contributed by atoms with Crippen LogP contribution in [0.4, 0.5) is 0 Å². The summed E-state index contributed by atoms with van der Waals surface area (Å²) in [6, 6.07) is -0.727. The van der Waals surface area contributed by atoms with E-state index in [0.717, 1.165) is 103 Å². The van der Waals surface area contributed by atoms with Gasteiger partial charge in [-0.15, -0.1) is 0 Å². The fourth-order valence-electron chi connectivity index (χ4n) is 8.30. The van der Waals surface area contributed by atoms with E-state index in [1.165, 1.54) is 109 Å². The highest BCUT2D eigenvalue weighted by molar-refractivity contribution is 5.77. The Bertz CT molecular complexity index is 1350. The number of hydrogen-bond acceptors (Lipinski definition) is 5. The molecular weight excluding hydrogens is 851 g/mol. The van der Waals surface area contributed by atoms with Crippen LogP contribution in [-0.4, -0.2) is 46.9 Å². The first-order valence-corrected chi connectivity index (χ1v) is 29.0. The van der Waals surface area contributed by atoms with E-state index in [9.17, 15) is 19.8 Å². The Hall–Kier alpha value is -3.22. The minimum Gasteiger partial charge on any atom is -0.462 e. The van der Waals surface area contributed by atoms with Crippen LogP contribution in [0.3, 0.4) is 0 Å². The second kappa shape index (κ2) is 55.7. The molecule has 69 heavy (non-hydrogen) atoms. The minimum atomic E-state index is -0.810. The molecule has 0 aliphatic rings. The van der Waals surface area contributed by atoms with Gasteiger partial charge >= 0.3 is 5.97 Å². The summed E-state index contributed by atoms with van der Waals surface area (Å²) in [5.41, 5.74) is 0. The number of aliphatic hydroxyl groups excluding tert-OH is 2. The first-order chi connectivity index (χ1) is 34.0. The van der Waals surface area contributed by atoms with Gasteiger partial charge in [0, 0.05) is 6.42 Å². The molecule has 0 saturated carbocycles. The van der Waals surface area contributed by atoms with Crippen LogP contribution in [0.5, 0.6) is 0 Å². The smallest absolute Gasteiger partial charge is 0.306 e. The monoisotopic (exact) mass is 960 g/mol. The van der Waals surface area contributed by atoms with Gasteiger partial charge in [0.25, 0.3) is 0 Å². The molecule has 0 spiro atoms. The van der Waals surface area contributed by atoms with Crippen LogP contribution in [0.2, 0.25) is 0 Å². The van der Waals surface area contributed by atoms with Gasteiger partial charge in [-0.05, 0) is 103 Å². The number of carbonyl (C=O) groups is 2. The standard InChI is InChI=1S/C63H109NO5/c1-4-7-10-13-16-19-22-25-28-31-33-36-39-42-45-48-51-54-59(69-63(68)56-53-50-47-44-41-38-35-32-29-26-23-20-17-14-11-8-5-2)57-62(67)64-60(58-65)61(66)55-52-49-46-43-40-37-34-30-27-24-21-18-15-12-9-6-3/h8,11,16-17,19-20,25-26,28-29,33,35-36,38,44,47,59-61,65-66H,4-7,9-10,12-15,18,21-24,27,30-32,34,37,39-43,45-46,48-58H2,1-3H3,(H,64,67)/b11-8-,19-16-,20-17-,28-25-,29-26-,36-33-,38-35-,47-44-. The second-order valence-corrected chi connectivity index (χ2v) is 19.3. The van der Waals surface area contributed by atoms with Gasteiger partial charge in [-0.3, -0.25) is 9.59 Å². The van der Waals surface area contributed by atoms with Crippen molar-refractivity contribution < 1.29 is 24.5 Å². The Morgan fingerprint density at radius 3 is 1.22 bits per heavy atom. The van der Waals surface area contributed by atoms with Crippen LogP contribution < -0.4 is 5.32 Å². The van der Waals surface area contributed by atoms with Gasteiger partial charge in [-0.25, -0.2) is 0 Å². The van der Waals surface area contributed by atoms with Crippen molar-refractivity contribution in [2.45, 2.75) is 283 Å². The molecule has 0 rings (SSSR count). The molecule has 0 fully saturated rings. The lowest BCUT2D eigenvalue weighted by Crippen LogP contribution is -2.46. The molecule has 0 heterocycles. The van der Waals surface area contributed by atoms with Crippen molar-refractivity contribution in [3.05, 3.63) is 97.2 Å². The maximum absolute atomic E-state index is 13.3. The maximum Gasteiger partial charge on any atom is 0.306 e. The highest BCUT2D eigenvalue weighted by atomic mass is 16.5. The molecule has 0 aromatic heterocycles. The van der Waals surface area contributed by atoms with Crippen molar-refractivity contribution in [1.82, 2.24) is 5.32 Å². The highest BCUT2D eigenvalue weighted by Crippen LogP contribution is 2.17. The van der Waals surface area contributed by atoms with Gasteiger partial charge in [0.15, 0.2) is 0 Å². The van der Waals surface area contributed by atoms with Crippen molar-refractivity contribution >= 4 is 11.9 Å². The molecule has 0 saturated heterocycles. The number of aliphatic hydroxyl groups is 2. The third kappa shape index (κ3) is 51.0. The molecule has 0 radical (unpaired) electrons. The summed E-state index contributed by atoms with van der Waals surface area (Å²) >= 11 is 0. The van der Waals surface area contributed by atoms with E-state index in [1.807, 2.05) is 0 Å². The van der Waals surface area contributed by atoms with E-state index in [0.29, 0.717) is 25.7 Å². The largest absolute Gasteiger partial charge is 0.462 e. The predicted molar refractivity (Wildman–Crippen MR) is 300 cm³/mol. The summed E-state index contributed by atoms with van der Waals surface area (Å²) in [5, 5.41) is 23.9. The number of nitrogens with one attached hydrogen (secondary N) is 1. The lowest BCUT2D eigenvalue weighted by Gasteiger charge is -2.24. The third-order valence-corrected chi connectivity index (χ3v) is 12.6. The average molecular weight is 961 g/mol. The van der Waals surface area contributed by atoms with Crippen LogP contribution >= 0.6 is 0 Å². The molecule has 3 atom stereocenters. The molecule has 0 aromatic carbocycles. The summed E-state index contributed by atoms with van der Waals surface area (Å²) in [6.07, 6.45) is 74.7. The Labute approximate surface area is 426 Å². The summed E-state index contributed by atoms with van der Waals surface area (Å²) in [4.78, 5) is 26.3. The van der Waals surface area contributed by atoms with Gasteiger partial charge in [0.05, 0.1) is 25.2 Å².